The van der Waals surface area contributed by atoms with Crippen LogP contribution in [0.25, 0.3) is 0 Å². The maximum atomic E-state index is 12.3. The van der Waals surface area contributed by atoms with Gasteiger partial charge in [0, 0.05) is 6.04 Å². The van der Waals surface area contributed by atoms with E-state index in [2.05, 4.69) is 20.2 Å². The predicted molar refractivity (Wildman–Crippen MR) is 87.5 cm³/mol. The van der Waals surface area contributed by atoms with Crippen LogP contribution in [0.5, 0.6) is 5.75 Å². The summed E-state index contributed by atoms with van der Waals surface area (Å²) in [4.78, 5) is 0.0188. The van der Waals surface area contributed by atoms with Crippen LogP contribution in [0.1, 0.15) is 12.8 Å². The molecule has 7 nitrogen and oxygen atoms in total. The first kappa shape index (κ1) is 15.8. The van der Waals surface area contributed by atoms with Crippen molar-refractivity contribution in [3.8, 4) is 5.75 Å². The van der Waals surface area contributed by atoms with Gasteiger partial charge in [-0.2, -0.15) is 0 Å². The van der Waals surface area contributed by atoms with Gasteiger partial charge in [0.25, 0.3) is 10.0 Å². The van der Waals surface area contributed by atoms with E-state index in [0.29, 0.717) is 17.6 Å². The van der Waals surface area contributed by atoms with Crippen LogP contribution in [-0.2, 0) is 10.0 Å². The number of hydrogen-bond donors (Lipinski definition) is 2. The Morgan fingerprint density at radius 1 is 1.17 bits per heavy atom. The molecule has 0 spiro atoms. The molecular formula is C14H15ClN4O3S. The number of nitrogens with zero attached hydrogens (tertiary/aromatic N) is 2. The SMILES string of the molecule is COc1ccc(S(=O)(=O)Nc2ccc(NC3CC3)nn2)cc1Cl. The predicted octanol–water partition coefficient (Wildman–Crippen LogP) is 2.51. The summed E-state index contributed by atoms with van der Waals surface area (Å²) < 4.78 is 32.0. The number of rotatable bonds is 6. The molecule has 1 heterocycles. The van der Waals surface area contributed by atoms with Gasteiger partial charge in [-0.1, -0.05) is 11.6 Å². The van der Waals surface area contributed by atoms with Gasteiger partial charge in [0.15, 0.2) is 5.82 Å². The van der Waals surface area contributed by atoms with Crippen molar-refractivity contribution in [1.29, 1.82) is 0 Å². The highest BCUT2D eigenvalue weighted by Gasteiger charge is 2.21. The third-order valence-electron chi connectivity index (χ3n) is 3.27. The number of methoxy groups -OCH3 is 1. The molecule has 2 N–H and O–H groups in total. The second kappa shape index (κ2) is 6.21. The number of ether oxygens (including phenoxy) is 1. The van der Waals surface area contributed by atoms with Crippen LogP contribution in [0, 0.1) is 0 Å². The molecule has 0 amide bonds. The van der Waals surface area contributed by atoms with Crippen LogP contribution in [0.15, 0.2) is 35.2 Å². The fourth-order valence-electron chi connectivity index (χ4n) is 1.91. The average Bonchev–Trinajstić information content (AvgIpc) is 3.33. The Hall–Kier alpha value is -2.06. The van der Waals surface area contributed by atoms with Crippen molar-refractivity contribution in [2.24, 2.45) is 0 Å². The number of aromatic nitrogens is 2. The molecule has 1 aliphatic carbocycles. The van der Waals surface area contributed by atoms with Crippen LogP contribution in [0.4, 0.5) is 11.6 Å². The van der Waals surface area contributed by atoms with Crippen molar-refractivity contribution in [2.45, 2.75) is 23.8 Å². The summed E-state index contributed by atoms with van der Waals surface area (Å²) in [5, 5.41) is 11.2. The van der Waals surface area contributed by atoms with Crippen molar-refractivity contribution in [1.82, 2.24) is 10.2 Å². The number of benzene rings is 1. The van der Waals surface area contributed by atoms with Gasteiger partial charge in [-0.3, -0.25) is 4.72 Å². The van der Waals surface area contributed by atoms with E-state index in [1.807, 2.05) is 0 Å². The Balaban J connectivity index is 1.75. The van der Waals surface area contributed by atoms with Crippen LogP contribution in [0.2, 0.25) is 5.02 Å². The molecule has 0 aliphatic heterocycles. The molecule has 0 atom stereocenters. The van der Waals surface area contributed by atoms with Gasteiger partial charge in [0.2, 0.25) is 0 Å². The van der Waals surface area contributed by atoms with E-state index in [0.717, 1.165) is 12.8 Å². The molecule has 9 heteroatoms. The van der Waals surface area contributed by atoms with Gasteiger partial charge in [-0.05, 0) is 43.2 Å². The molecule has 0 saturated heterocycles. The zero-order chi connectivity index (χ0) is 16.4. The largest absolute Gasteiger partial charge is 0.495 e. The van der Waals surface area contributed by atoms with Crippen LogP contribution >= 0.6 is 11.6 Å². The normalized spacial score (nSPS) is 14.3. The van der Waals surface area contributed by atoms with Crippen molar-refractivity contribution < 1.29 is 13.2 Å². The standard InChI is InChI=1S/C14H15ClN4O3S/c1-22-12-5-4-10(8-11(12)15)23(20,21)19-14-7-6-13(17-18-14)16-9-2-3-9/h4-9H,2-3H2,1H3,(H,16,17)(H,18,19). The second-order valence-electron chi connectivity index (χ2n) is 5.12. The van der Waals surface area contributed by atoms with Gasteiger partial charge < -0.3 is 10.1 Å². The van der Waals surface area contributed by atoms with Crippen molar-refractivity contribution >= 4 is 33.3 Å². The minimum atomic E-state index is -3.80. The lowest BCUT2D eigenvalue weighted by Crippen LogP contribution is -2.15. The summed E-state index contributed by atoms with van der Waals surface area (Å²) in [6, 6.07) is 7.91. The van der Waals surface area contributed by atoms with Crippen LogP contribution < -0.4 is 14.8 Å². The molecule has 1 fully saturated rings. The minimum absolute atomic E-state index is 0.0188. The smallest absolute Gasteiger partial charge is 0.263 e. The van der Waals surface area contributed by atoms with E-state index in [1.165, 1.54) is 25.3 Å². The molecule has 0 bridgehead atoms. The minimum Gasteiger partial charge on any atom is -0.495 e. The summed E-state index contributed by atoms with van der Waals surface area (Å²) in [5.74, 6) is 1.17. The van der Waals surface area contributed by atoms with Gasteiger partial charge in [0.05, 0.1) is 17.0 Å². The molecule has 0 radical (unpaired) electrons. The quantitative estimate of drug-likeness (QED) is 0.828. The molecule has 122 valence electrons. The van der Waals surface area contributed by atoms with Gasteiger partial charge in [-0.15, -0.1) is 10.2 Å². The zero-order valence-electron chi connectivity index (χ0n) is 12.3. The summed E-state index contributed by atoms with van der Waals surface area (Å²) in [6.07, 6.45) is 2.24. The topological polar surface area (TPSA) is 93.2 Å². The fourth-order valence-corrected chi connectivity index (χ4v) is 3.26. The highest BCUT2D eigenvalue weighted by molar-refractivity contribution is 7.92. The lowest BCUT2D eigenvalue weighted by atomic mass is 10.3. The van der Waals surface area contributed by atoms with Gasteiger partial charge in [-0.25, -0.2) is 8.42 Å². The lowest BCUT2D eigenvalue weighted by Gasteiger charge is -2.09. The number of hydrogen-bond acceptors (Lipinski definition) is 6. The lowest BCUT2D eigenvalue weighted by molar-refractivity contribution is 0.414. The Labute approximate surface area is 139 Å². The molecule has 1 aromatic heterocycles. The van der Waals surface area contributed by atoms with E-state index in [1.54, 1.807) is 12.1 Å². The first-order chi connectivity index (χ1) is 11.0. The van der Waals surface area contributed by atoms with Crippen molar-refractivity contribution in [3.05, 3.63) is 35.4 Å². The molecular weight excluding hydrogens is 340 g/mol. The Morgan fingerprint density at radius 2 is 1.87 bits per heavy atom. The molecule has 23 heavy (non-hydrogen) atoms. The number of anilines is 2. The van der Waals surface area contributed by atoms with Crippen molar-refractivity contribution in [2.75, 3.05) is 17.1 Å². The Kier molecular flexibility index (Phi) is 4.27. The van der Waals surface area contributed by atoms with E-state index >= 15 is 0 Å². The molecule has 1 aliphatic rings. The zero-order valence-corrected chi connectivity index (χ0v) is 13.9. The average molecular weight is 355 g/mol. The Morgan fingerprint density at radius 3 is 2.43 bits per heavy atom. The molecule has 3 rings (SSSR count). The van der Waals surface area contributed by atoms with Crippen molar-refractivity contribution in [3.63, 3.8) is 0 Å². The number of sulfonamides is 1. The van der Waals surface area contributed by atoms with Crippen LogP contribution in [-0.4, -0.2) is 31.8 Å². The molecule has 1 saturated carbocycles. The van der Waals surface area contributed by atoms with E-state index in [-0.39, 0.29) is 15.7 Å². The molecule has 2 aromatic rings. The van der Waals surface area contributed by atoms with E-state index in [4.69, 9.17) is 16.3 Å². The Bertz CT molecular complexity index is 807. The van der Waals surface area contributed by atoms with Gasteiger partial charge in [0.1, 0.15) is 11.6 Å². The first-order valence-electron chi connectivity index (χ1n) is 6.94. The van der Waals surface area contributed by atoms with Crippen LogP contribution in [0.3, 0.4) is 0 Å². The summed E-state index contributed by atoms with van der Waals surface area (Å²) in [5.41, 5.74) is 0. The van der Waals surface area contributed by atoms with Gasteiger partial charge >= 0.3 is 0 Å². The maximum absolute atomic E-state index is 12.3. The number of halogens is 1. The fraction of sp³-hybridized carbons (Fsp3) is 0.286. The number of nitrogens with one attached hydrogen (secondary N) is 2. The second-order valence-corrected chi connectivity index (χ2v) is 7.21. The first-order valence-corrected chi connectivity index (χ1v) is 8.81. The molecule has 1 aromatic carbocycles. The third kappa shape index (κ3) is 3.83. The van der Waals surface area contributed by atoms with E-state index < -0.39 is 10.0 Å². The summed E-state index contributed by atoms with van der Waals surface area (Å²) >= 11 is 5.96. The highest BCUT2D eigenvalue weighted by Crippen LogP contribution is 2.28. The monoisotopic (exact) mass is 354 g/mol. The summed E-state index contributed by atoms with van der Waals surface area (Å²) in [7, 11) is -2.34. The summed E-state index contributed by atoms with van der Waals surface area (Å²) in [6.45, 7) is 0. The molecule has 0 unspecified atom stereocenters. The third-order valence-corrected chi connectivity index (χ3v) is 4.91. The van der Waals surface area contributed by atoms with E-state index in [9.17, 15) is 8.42 Å². The maximum Gasteiger partial charge on any atom is 0.263 e. The highest BCUT2D eigenvalue weighted by atomic mass is 35.5.